The molecule has 0 bridgehead atoms. The van der Waals surface area contributed by atoms with Crippen molar-refractivity contribution in [3.63, 3.8) is 0 Å². The Morgan fingerprint density at radius 1 is 1.16 bits per heavy atom. The number of aliphatic imine (C=N–C) groups is 1. The normalized spacial score (nSPS) is 11.1. The lowest BCUT2D eigenvalue weighted by Crippen LogP contribution is -2.22. The molecule has 136 valence electrons. The van der Waals surface area contributed by atoms with Gasteiger partial charge in [0.05, 0.1) is 13.7 Å². The molecule has 0 saturated carbocycles. The van der Waals surface area contributed by atoms with Gasteiger partial charge < -0.3 is 20.7 Å². The van der Waals surface area contributed by atoms with Crippen molar-refractivity contribution in [1.29, 1.82) is 0 Å². The Labute approximate surface area is 167 Å². The molecule has 0 saturated heterocycles. The van der Waals surface area contributed by atoms with Crippen molar-refractivity contribution in [2.45, 2.75) is 20.0 Å². The number of ether oxygens (including phenoxy) is 1. The lowest BCUT2D eigenvalue weighted by Gasteiger charge is -2.14. The first-order chi connectivity index (χ1) is 11.6. The maximum absolute atomic E-state index is 5.98. The number of benzene rings is 2. The van der Waals surface area contributed by atoms with Crippen LogP contribution in [0.4, 0.5) is 5.69 Å². The van der Waals surface area contributed by atoms with E-state index in [9.17, 15) is 0 Å². The Balaban J connectivity index is 0.00000312. The monoisotopic (exact) mass is 454 g/mol. The van der Waals surface area contributed by atoms with Crippen molar-refractivity contribution in [1.82, 2.24) is 4.90 Å². The molecule has 0 aliphatic heterocycles. The molecule has 0 heterocycles. The number of anilines is 1. The number of methoxy groups -OCH3 is 1. The van der Waals surface area contributed by atoms with E-state index < -0.39 is 0 Å². The highest BCUT2D eigenvalue weighted by atomic mass is 127. The van der Waals surface area contributed by atoms with Gasteiger partial charge in [0.15, 0.2) is 5.96 Å². The van der Waals surface area contributed by atoms with E-state index >= 15 is 0 Å². The van der Waals surface area contributed by atoms with E-state index in [2.05, 4.69) is 53.4 Å². The van der Waals surface area contributed by atoms with E-state index in [0.29, 0.717) is 12.5 Å². The van der Waals surface area contributed by atoms with Crippen LogP contribution < -0.4 is 15.8 Å². The van der Waals surface area contributed by atoms with Gasteiger partial charge in [0, 0.05) is 18.3 Å². The Kier molecular flexibility index (Phi) is 9.30. The summed E-state index contributed by atoms with van der Waals surface area (Å²) < 4.78 is 5.20. The average molecular weight is 454 g/mol. The first-order valence-corrected chi connectivity index (χ1v) is 8.08. The predicted molar refractivity (Wildman–Crippen MR) is 116 cm³/mol. The van der Waals surface area contributed by atoms with Gasteiger partial charge in [-0.1, -0.05) is 37.3 Å². The van der Waals surface area contributed by atoms with Gasteiger partial charge in [-0.2, -0.15) is 0 Å². The molecule has 0 aromatic heterocycles. The van der Waals surface area contributed by atoms with Crippen LogP contribution in [0.3, 0.4) is 0 Å². The van der Waals surface area contributed by atoms with Crippen molar-refractivity contribution in [3.05, 3.63) is 59.7 Å². The largest absolute Gasteiger partial charge is 0.497 e. The van der Waals surface area contributed by atoms with E-state index in [1.54, 1.807) is 7.11 Å². The van der Waals surface area contributed by atoms with Crippen LogP contribution in [0.2, 0.25) is 0 Å². The summed E-state index contributed by atoms with van der Waals surface area (Å²) in [4.78, 5) is 6.68. The lowest BCUT2D eigenvalue weighted by molar-refractivity contribution is 0.345. The van der Waals surface area contributed by atoms with Crippen LogP contribution in [0, 0.1) is 0 Å². The number of nitrogens with two attached hydrogens (primary N) is 1. The molecule has 0 fully saturated rings. The maximum atomic E-state index is 5.98. The van der Waals surface area contributed by atoms with Gasteiger partial charge in [0.1, 0.15) is 5.75 Å². The number of rotatable bonds is 7. The molecule has 3 N–H and O–H groups in total. The number of guanidine groups is 1. The average Bonchev–Trinajstić information content (AvgIpc) is 2.60. The highest BCUT2D eigenvalue weighted by Gasteiger charge is 2.01. The van der Waals surface area contributed by atoms with Crippen LogP contribution in [0.15, 0.2) is 53.5 Å². The maximum Gasteiger partial charge on any atom is 0.193 e. The quantitative estimate of drug-likeness (QED) is 0.381. The van der Waals surface area contributed by atoms with E-state index in [1.807, 2.05) is 24.3 Å². The van der Waals surface area contributed by atoms with Gasteiger partial charge in [-0.15, -0.1) is 24.0 Å². The molecule has 0 aliphatic carbocycles. The molecule has 2 rings (SSSR count). The minimum Gasteiger partial charge on any atom is -0.497 e. The van der Waals surface area contributed by atoms with Gasteiger partial charge in [-0.25, -0.2) is 4.99 Å². The second kappa shape index (κ2) is 10.9. The van der Waals surface area contributed by atoms with Crippen molar-refractivity contribution in [2.24, 2.45) is 10.7 Å². The van der Waals surface area contributed by atoms with Crippen molar-refractivity contribution < 1.29 is 4.74 Å². The summed E-state index contributed by atoms with van der Waals surface area (Å²) in [6, 6.07) is 16.0. The SMILES string of the molecule is CCN(C)Cc1cccc(CN=C(N)Nc2cccc(OC)c2)c1.I. The number of halogens is 1. The molecule has 0 aliphatic rings. The summed E-state index contributed by atoms with van der Waals surface area (Å²) in [7, 11) is 3.75. The van der Waals surface area contributed by atoms with Crippen LogP contribution in [0.5, 0.6) is 5.75 Å². The highest BCUT2D eigenvalue weighted by molar-refractivity contribution is 14.0. The fourth-order valence-electron chi connectivity index (χ4n) is 2.31. The number of hydrogen-bond acceptors (Lipinski definition) is 3. The van der Waals surface area contributed by atoms with E-state index in [0.717, 1.165) is 30.1 Å². The standard InChI is InChI=1S/C19H26N4O.HI/c1-4-23(2)14-16-8-5-7-15(11-16)13-21-19(20)22-17-9-6-10-18(12-17)24-3;/h5-12H,4,13-14H2,1-3H3,(H3,20,21,22);1H. The predicted octanol–water partition coefficient (Wildman–Crippen LogP) is 3.69. The fourth-order valence-corrected chi connectivity index (χ4v) is 2.31. The zero-order chi connectivity index (χ0) is 17.4. The van der Waals surface area contributed by atoms with Gasteiger partial charge in [0.2, 0.25) is 0 Å². The molecule has 25 heavy (non-hydrogen) atoms. The molecule has 6 heteroatoms. The third-order valence-corrected chi connectivity index (χ3v) is 3.76. The minimum atomic E-state index is 0. The Hall–Kier alpha value is -1.80. The van der Waals surface area contributed by atoms with Crippen LogP contribution in [-0.2, 0) is 13.1 Å². The van der Waals surface area contributed by atoms with Crippen molar-refractivity contribution in [2.75, 3.05) is 26.0 Å². The van der Waals surface area contributed by atoms with Crippen LogP contribution in [0.1, 0.15) is 18.1 Å². The summed E-state index contributed by atoms with van der Waals surface area (Å²) in [5, 5.41) is 3.08. The van der Waals surface area contributed by atoms with E-state index in [1.165, 1.54) is 5.56 Å². The molecule has 0 atom stereocenters. The summed E-state index contributed by atoms with van der Waals surface area (Å²) >= 11 is 0. The first-order valence-electron chi connectivity index (χ1n) is 8.08. The number of hydrogen-bond donors (Lipinski definition) is 2. The zero-order valence-electron chi connectivity index (χ0n) is 15.0. The zero-order valence-corrected chi connectivity index (χ0v) is 17.4. The summed E-state index contributed by atoms with van der Waals surface area (Å²) in [6.45, 7) is 4.66. The summed E-state index contributed by atoms with van der Waals surface area (Å²) in [5.41, 5.74) is 9.26. The summed E-state index contributed by atoms with van der Waals surface area (Å²) in [5.74, 6) is 1.17. The van der Waals surface area contributed by atoms with E-state index in [-0.39, 0.29) is 24.0 Å². The topological polar surface area (TPSA) is 62.9 Å². The Morgan fingerprint density at radius 2 is 1.88 bits per heavy atom. The molecule has 0 unspecified atom stereocenters. The molecular formula is C19H27IN4O. The molecule has 0 amide bonds. The number of nitrogens with one attached hydrogen (secondary N) is 1. The van der Waals surface area contributed by atoms with Crippen LogP contribution >= 0.6 is 24.0 Å². The smallest absolute Gasteiger partial charge is 0.193 e. The van der Waals surface area contributed by atoms with Crippen molar-refractivity contribution >= 4 is 35.6 Å². The van der Waals surface area contributed by atoms with Gasteiger partial charge in [-0.05, 0) is 36.9 Å². The second-order valence-electron chi connectivity index (χ2n) is 5.71. The minimum absolute atomic E-state index is 0. The van der Waals surface area contributed by atoms with Crippen molar-refractivity contribution in [3.8, 4) is 5.75 Å². The molecule has 2 aromatic rings. The highest BCUT2D eigenvalue weighted by Crippen LogP contribution is 2.16. The van der Waals surface area contributed by atoms with E-state index in [4.69, 9.17) is 10.5 Å². The molecule has 0 spiro atoms. The third-order valence-electron chi connectivity index (χ3n) is 3.76. The lowest BCUT2D eigenvalue weighted by atomic mass is 10.1. The van der Waals surface area contributed by atoms with Crippen LogP contribution in [0.25, 0.3) is 0 Å². The van der Waals surface area contributed by atoms with Gasteiger partial charge >= 0.3 is 0 Å². The molecule has 2 aromatic carbocycles. The van der Waals surface area contributed by atoms with Gasteiger partial charge in [0.25, 0.3) is 0 Å². The second-order valence-corrected chi connectivity index (χ2v) is 5.71. The first kappa shape index (κ1) is 21.2. The van der Waals surface area contributed by atoms with Gasteiger partial charge in [-0.3, -0.25) is 0 Å². The Bertz CT molecular complexity index is 691. The molecule has 0 radical (unpaired) electrons. The fraction of sp³-hybridized carbons (Fsp3) is 0.316. The summed E-state index contributed by atoms with van der Waals surface area (Å²) in [6.07, 6.45) is 0. The third kappa shape index (κ3) is 7.31. The number of nitrogens with zero attached hydrogens (tertiary/aromatic N) is 2. The molecule has 5 nitrogen and oxygen atoms in total. The molecular weight excluding hydrogens is 427 g/mol. The Morgan fingerprint density at radius 3 is 2.60 bits per heavy atom. The van der Waals surface area contributed by atoms with Crippen LogP contribution in [-0.4, -0.2) is 31.6 Å².